The molecular formula is C20H24N4O5S. The number of nitro groups is 1. The monoisotopic (exact) mass is 432 g/mol. The van der Waals surface area contributed by atoms with E-state index in [1.165, 1.54) is 10.4 Å². The van der Waals surface area contributed by atoms with E-state index in [1.807, 2.05) is 11.8 Å². The highest BCUT2D eigenvalue weighted by molar-refractivity contribution is 7.89. The van der Waals surface area contributed by atoms with Gasteiger partial charge in [0.2, 0.25) is 15.9 Å². The Kier molecular flexibility index (Phi) is 6.49. The number of aryl methyl sites for hydroxylation is 2. The Morgan fingerprint density at radius 3 is 2.30 bits per heavy atom. The minimum Gasteiger partial charge on any atom is -0.319 e. The van der Waals surface area contributed by atoms with E-state index in [2.05, 4.69) is 5.32 Å². The van der Waals surface area contributed by atoms with E-state index in [9.17, 15) is 23.3 Å². The van der Waals surface area contributed by atoms with E-state index in [0.29, 0.717) is 18.7 Å². The van der Waals surface area contributed by atoms with Crippen LogP contribution in [0.3, 0.4) is 0 Å². The number of nitrogens with one attached hydrogen (secondary N) is 1. The molecular weight excluding hydrogens is 408 g/mol. The summed E-state index contributed by atoms with van der Waals surface area (Å²) in [4.78, 5) is 25.2. The van der Waals surface area contributed by atoms with Crippen molar-refractivity contribution in [1.29, 1.82) is 0 Å². The molecule has 1 saturated heterocycles. The predicted octanol–water partition coefficient (Wildman–Crippen LogP) is 2.16. The zero-order valence-corrected chi connectivity index (χ0v) is 17.7. The molecule has 0 aliphatic carbocycles. The highest BCUT2D eigenvalue weighted by Gasteiger charge is 2.29. The van der Waals surface area contributed by atoms with Gasteiger partial charge in [-0.3, -0.25) is 19.8 Å². The summed E-state index contributed by atoms with van der Waals surface area (Å²) < 4.78 is 27.0. The van der Waals surface area contributed by atoms with Crippen LogP contribution in [0.2, 0.25) is 0 Å². The lowest BCUT2D eigenvalue weighted by atomic mass is 10.1. The number of benzene rings is 2. The Bertz CT molecular complexity index is 1050. The van der Waals surface area contributed by atoms with E-state index in [-0.39, 0.29) is 41.8 Å². The number of nitrogens with zero attached hydrogens (tertiary/aromatic N) is 3. The van der Waals surface area contributed by atoms with E-state index < -0.39 is 14.9 Å². The molecule has 0 radical (unpaired) electrons. The molecule has 1 fully saturated rings. The maximum Gasteiger partial charge on any atom is 0.293 e. The molecule has 3 rings (SSSR count). The second-order valence-corrected chi connectivity index (χ2v) is 9.21. The number of hydrogen-bond donors (Lipinski definition) is 1. The van der Waals surface area contributed by atoms with Crippen molar-refractivity contribution < 1.29 is 18.1 Å². The second kappa shape index (κ2) is 8.90. The summed E-state index contributed by atoms with van der Waals surface area (Å²) >= 11 is 0. The second-order valence-electron chi connectivity index (χ2n) is 7.27. The van der Waals surface area contributed by atoms with Crippen LogP contribution in [0.5, 0.6) is 0 Å². The molecule has 0 bridgehead atoms. The van der Waals surface area contributed by atoms with Gasteiger partial charge in [-0.2, -0.15) is 4.31 Å². The van der Waals surface area contributed by atoms with Crippen molar-refractivity contribution in [2.24, 2.45) is 0 Å². The van der Waals surface area contributed by atoms with Crippen LogP contribution < -0.4 is 5.32 Å². The third kappa shape index (κ3) is 4.84. The average Bonchev–Trinajstić information content (AvgIpc) is 2.70. The van der Waals surface area contributed by atoms with Crippen LogP contribution >= 0.6 is 0 Å². The van der Waals surface area contributed by atoms with Crippen molar-refractivity contribution in [1.82, 2.24) is 9.21 Å². The Labute approximate surface area is 175 Å². The summed E-state index contributed by atoms with van der Waals surface area (Å²) in [6.45, 7) is 4.96. The van der Waals surface area contributed by atoms with Gasteiger partial charge in [-0.25, -0.2) is 8.42 Å². The molecule has 0 atom stereocenters. The molecule has 9 nitrogen and oxygen atoms in total. The molecule has 10 heteroatoms. The summed E-state index contributed by atoms with van der Waals surface area (Å²) in [6.07, 6.45) is 0. The molecule has 0 saturated carbocycles. The van der Waals surface area contributed by atoms with Crippen LogP contribution in [0.4, 0.5) is 11.4 Å². The number of para-hydroxylation sites is 1. The molecule has 30 heavy (non-hydrogen) atoms. The van der Waals surface area contributed by atoms with Gasteiger partial charge < -0.3 is 5.32 Å². The molecule has 0 unspecified atom stereocenters. The Morgan fingerprint density at radius 1 is 1.07 bits per heavy atom. The number of hydrogen-bond acceptors (Lipinski definition) is 6. The summed E-state index contributed by atoms with van der Waals surface area (Å²) in [5.74, 6) is -0.373. The molecule has 2 aromatic rings. The maximum atomic E-state index is 12.8. The first-order valence-corrected chi connectivity index (χ1v) is 11.0. The van der Waals surface area contributed by atoms with Gasteiger partial charge in [-0.1, -0.05) is 29.8 Å². The van der Waals surface area contributed by atoms with E-state index in [0.717, 1.165) is 5.56 Å². The van der Waals surface area contributed by atoms with Gasteiger partial charge in [0.15, 0.2) is 0 Å². The van der Waals surface area contributed by atoms with Crippen molar-refractivity contribution in [3.63, 3.8) is 0 Å². The number of rotatable bonds is 6. The third-order valence-corrected chi connectivity index (χ3v) is 6.98. The number of amides is 1. The fourth-order valence-corrected chi connectivity index (χ4v) is 4.76. The van der Waals surface area contributed by atoms with Crippen molar-refractivity contribution >= 4 is 27.3 Å². The van der Waals surface area contributed by atoms with Gasteiger partial charge in [-0.05, 0) is 31.5 Å². The van der Waals surface area contributed by atoms with Gasteiger partial charge in [0, 0.05) is 32.2 Å². The lowest BCUT2D eigenvalue weighted by molar-refractivity contribution is -0.384. The van der Waals surface area contributed by atoms with Crippen molar-refractivity contribution in [3.8, 4) is 0 Å². The van der Waals surface area contributed by atoms with Crippen molar-refractivity contribution in [2.45, 2.75) is 18.7 Å². The molecule has 0 aromatic heterocycles. The topological polar surface area (TPSA) is 113 Å². The van der Waals surface area contributed by atoms with Gasteiger partial charge >= 0.3 is 0 Å². The van der Waals surface area contributed by atoms with E-state index >= 15 is 0 Å². The lowest BCUT2D eigenvalue weighted by Gasteiger charge is -2.33. The minimum absolute atomic E-state index is 0.0317. The highest BCUT2D eigenvalue weighted by Crippen LogP contribution is 2.27. The normalized spacial score (nSPS) is 15.7. The summed E-state index contributed by atoms with van der Waals surface area (Å²) in [6, 6.07) is 11.3. The highest BCUT2D eigenvalue weighted by atomic mass is 32.2. The fraction of sp³-hybridized carbons (Fsp3) is 0.350. The quantitative estimate of drug-likeness (QED) is 0.553. The van der Waals surface area contributed by atoms with Gasteiger partial charge in [0.05, 0.1) is 16.4 Å². The number of nitro benzene ring substituents is 1. The predicted molar refractivity (Wildman–Crippen MR) is 113 cm³/mol. The summed E-state index contributed by atoms with van der Waals surface area (Å²) in [5.41, 5.74) is 1.62. The van der Waals surface area contributed by atoms with Gasteiger partial charge in [0.1, 0.15) is 5.69 Å². The number of carbonyl (C=O) groups excluding carboxylic acids is 1. The molecule has 0 spiro atoms. The van der Waals surface area contributed by atoms with Crippen LogP contribution in [0.25, 0.3) is 0 Å². The SMILES string of the molecule is Cc1ccc(S(=O)(=O)N2CCN(CC(=O)Nc3c(C)cccc3[N+](=O)[O-])CC2)cc1. The Morgan fingerprint density at radius 2 is 1.70 bits per heavy atom. The number of piperazine rings is 1. The maximum absolute atomic E-state index is 12.8. The van der Waals surface area contributed by atoms with E-state index in [4.69, 9.17) is 0 Å². The van der Waals surface area contributed by atoms with Crippen molar-refractivity contribution in [3.05, 3.63) is 63.7 Å². The zero-order chi connectivity index (χ0) is 21.9. The number of sulfonamides is 1. The molecule has 160 valence electrons. The van der Waals surface area contributed by atoms with Crippen LogP contribution in [0.15, 0.2) is 47.4 Å². The third-order valence-electron chi connectivity index (χ3n) is 5.07. The number of carbonyl (C=O) groups is 1. The van der Waals surface area contributed by atoms with E-state index in [1.54, 1.807) is 43.3 Å². The molecule has 1 N–H and O–H groups in total. The molecule has 2 aromatic carbocycles. The van der Waals surface area contributed by atoms with Crippen LogP contribution in [0.1, 0.15) is 11.1 Å². The molecule has 1 amide bonds. The fourth-order valence-electron chi connectivity index (χ4n) is 3.34. The van der Waals surface area contributed by atoms with Gasteiger partial charge in [-0.15, -0.1) is 0 Å². The first-order chi connectivity index (χ1) is 14.2. The van der Waals surface area contributed by atoms with Gasteiger partial charge in [0.25, 0.3) is 5.69 Å². The van der Waals surface area contributed by atoms with Crippen LogP contribution in [-0.2, 0) is 14.8 Å². The average molecular weight is 433 g/mol. The zero-order valence-electron chi connectivity index (χ0n) is 16.9. The van der Waals surface area contributed by atoms with Crippen LogP contribution in [0, 0.1) is 24.0 Å². The summed E-state index contributed by atoms with van der Waals surface area (Å²) in [7, 11) is -3.57. The summed E-state index contributed by atoms with van der Waals surface area (Å²) in [5, 5.41) is 13.8. The molecule has 1 aliphatic rings. The Hall–Kier alpha value is -2.82. The number of anilines is 1. The smallest absolute Gasteiger partial charge is 0.293 e. The Balaban J connectivity index is 1.59. The molecule has 1 aliphatic heterocycles. The van der Waals surface area contributed by atoms with Crippen LogP contribution in [-0.4, -0.2) is 61.2 Å². The standard InChI is InChI=1S/C20H24N4O5S/c1-15-6-8-17(9-7-15)30(28,29)23-12-10-22(11-13-23)14-19(25)21-20-16(2)4-3-5-18(20)24(26)27/h3-9H,10-14H2,1-2H3,(H,21,25). The largest absolute Gasteiger partial charge is 0.319 e. The van der Waals surface area contributed by atoms with Crippen molar-refractivity contribution in [2.75, 3.05) is 38.0 Å². The first-order valence-electron chi connectivity index (χ1n) is 9.51. The molecule has 1 heterocycles. The minimum atomic E-state index is -3.57. The lowest BCUT2D eigenvalue weighted by Crippen LogP contribution is -2.50. The first kappa shape index (κ1) is 21.9.